The maximum Gasteiger partial charge on any atom is 0.334 e. The molecule has 0 aliphatic rings. The van der Waals surface area contributed by atoms with Crippen molar-refractivity contribution >= 4 is 11.9 Å². The summed E-state index contributed by atoms with van der Waals surface area (Å²) in [6, 6.07) is 0. The molecule has 0 rings (SSSR count). The van der Waals surface area contributed by atoms with Crippen molar-refractivity contribution in [2.75, 3.05) is 13.2 Å². The maximum absolute atomic E-state index is 11.9. The van der Waals surface area contributed by atoms with E-state index in [-0.39, 0.29) is 11.4 Å². The second-order valence-corrected chi connectivity index (χ2v) is 12.3. The smallest absolute Gasteiger partial charge is 0.334 e. The zero-order valence-electron chi connectivity index (χ0n) is 27.8. The quantitative estimate of drug-likeness (QED) is 0.0785. The average molecular weight is 571 g/mol. The van der Waals surface area contributed by atoms with Crippen LogP contribution in [0.4, 0.5) is 0 Å². The van der Waals surface area contributed by atoms with Gasteiger partial charge in [0.05, 0.1) is 18.6 Å². The lowest BCUT2D eigenvalue weighted by Gasteiger charge is -2.22. The van der Waals surface area contributed by atoms with Gasteiger partial charge in [0.2, 0.25) is 0 Å². The first kappa shape index (κ1) is 41.0. The molecule has 0 radical (unpaired) electrons. The summed E-state index contributed by atoms with van der Waals surface area (Å²) in [4.78, 5) is 22.9. The fourth-order valence-corrected chi connectivity index (χ4v) is 4.57. The van der Waals surface area contributed by atoms with E-state index in [9.17, 15) is 9.59 Å². The highest BCUT2D eigenvalue weighted by molar-refractivity contribution is 5.75. The first-order valence-electron chi connectivity index (χ1n) is 17.2. The van der Waals surface area contributed by atoms with E-state index < -0.39 is 12.1 Å². The van der Waals surface area contributed by atoms with Crippen molar-refractivity contribution in [2.24, 2.45) is 5.41 Å². The Bertz CT molecular complexity index is 544. The van der Waals surface area contributed by atoms with Gasteiger partial charge in [-0.05, 0) is 40.0 Å². The molecule has 0 aromatic rings. The number of esters is 2. The van der Waals surface area contributed by atoms with Crippen LogP contribution in [0.2, 0.25) is 0 Å². The van der Waals surface area contributed by atoms with Crippen LogP contribution in [-0.4, -0.2) is 36.4 Å². The molecule has 0 fully saturated rings. The third kappa shape index (κ3) is 29.9. The maximum atomic E-state index is 11.9. The molecule has 0 amide bonds. The van der Waals surface area contributed by atoms with Gasteiger partial charge in [-0.1, -0.05) is 149 Å². The molecule has 240 valence electrons. The minimum Gasteiger partial charge on any atom is -0.465 e. The summed E-state index contributed by atoms with van der Waals surface area (Å²) in [6.45, 7) is 13.1. The summed E-state index contributed by atoms with van der Waals surface area (Å²) >= 11 is 0. The molecule has 5 nitrogen and oxygen atoms in total. The Balaban J connectivity index is 0. The summed E-state index contributed by atoms with van der Waals surface area (Å²) in [5.74, 6) is -0.523. The molecule has 1 unspecified atom stereocenters. The molecule has 0 bridgehead atoms. The zero-order valence-corrected chi connectivity index (χ0v) is 27.8. The number of ether oxygens (including phenoxy) is 2. The molecule has 0 saturated heterocycles. The normalized spacial score (nSPS) is 12.0. The summed E-state index contributed by atoms with van der Waals surface area (Å²) in [6.07, 6.45) is 27.9. The largest absolute Gasteiger partial charge is 0.465 e. The number of carbonyl (C=O) groups is 2. The summed E-state index contributed by atoms with van der Waals surface area (Å²) < 4.78 is 10.3. The van der Waals surface area contributed by atoms with E-state index in [0.29, 0.717) is 13.2 Å². The Morgan fingerprint density at radius 1 is 0.550 bits per heavy atom. The summed E-state index contributed by atoms with van der Waals surface area (Å²) in [7, 11) is 0. The molecule has 1 atom stereocenters. The highest BCUT2D eigenvalue weighted by atomic mass is 16.5. The fourth-order valence-electron chi connectivity index (χ4n) is 4.57. The van der Waals surface area contributed by atoms with E-state index in [1.807, 2.05) is 13.8 Å². The molecule has 0 aromatic heterocycles. The Labute approximate surface area is 249 Å². The van der Waals surface area contributed by atoms with Gasteiger partial charge in [0.1, 0.15) is 6.10 Å². The van der Waals surface area contributed by atoms with Gasteiger partial charge in [0.15, 0.2) is 0 Å². The van der Waals surface area contributed by atoms with Crippen LogP contribution in [0.25, 0.3) is 0 Å². The van der Waals surface area contributed by atoms with Crippen LogP contribution < -0.4 is 0 Å². The lowest BCUT2D eigenvalue weighted by molar-refractivity contribution is -0.154. The van der Waals surface area contributed by atoms with Crippen LogP contribution in [0.15, 0.2) is 0 Å². The third-order valence-corrected chi connectivity index (χ3v) is 7.52. The number of aliphatic hydroxyl groups excluding tert-OH is 1. The predicted molar refractivity (Wildman–Crippen MR) is 171 cm³/mol. The zero-order chi connectivity index (χ0) is 30.3. The molecule has 40 heavy (non-hydrogen) atoms. The van der Waals surface area contributed by atoms with E-state index in [1.165, 1.54) is 122 Å². The van der Waals surface area contributed by atoms with Gasteiger partial charge in [-0.3, -0.25) is 4.79 Å². The number of rotatable bonds is 27. The molecule has 0 spiro atoms. The van der Waals surface area contributed by atoms with Gasteiger partial charge in [-0.15, -0.1) is 0 Å². The van der Waals surface area contributed by atoms with E-state index >= 15 is 0 Å². The van der Waals surface area contributed by atoms with Gasteiger partial charge in [-0.2, -0.15) is 0 Å². The molecule has 0 aliphatic heterocycles. The van der Waals surface area contributed by atoms with Crippen molar-refractivity contribution in [1.82, 2.24) is 0 Å². The van der Waals surface area contributed by atoms with Crippen LogP contribution in [-0.2, 0) is 19.1 Å². The number of hydrogen-bond donors (Lipinski definition) is 1. The Kier molecular flexibility index (Phi) is 31.6. The monoisotopic (exact) mass is 571 g/mol. The topological polar surface area (TPSA) is 72.8 Å². The molecule has 0 aromatic carbocycles. The minimum absolute atomic E-state index is 0.0181. The molecule has 5 heteroatoms. The second-order valence-electron chi connectivity index (χ2n) is 12.3. The van der Waals surface area contributed by atoms with E-state index in [0.717, 1.165) is 32.1 Å². The first-order chi connectivity index (χ1) is 19.2. The molecule has 0 heterocycles. The third-order valence-electron chi connectivity index (χ3n) is 7.52. The number of hydrogen-bond acceptors (Lipinski definition) is 5. The van der Waals surface area contributed by atoms with Gasteiger partial charge in [0, 0.05) is 0 Å². The van der Waals surface area contributed by atoms with Gasteiger partial charge >= 0.3 is 11.9 Å². The van der Waals surface area contributed by atoms with E-state index in [2.05, 4.69) is 20.8 Å². The SMILES string of the molecule is CCCCCCCCCCCCCCCCOC(=O)C(C)O.CCCCCCOC(=O)C(C)(C)CCCCCC. The Morgan fingerprint density at radius 2 is 0.875 bits per heavy atom. The van der Waals surface area contributed by atoms with Crippen molar-refractivity contribution < 1.29 is 24.2 Å². The number of unbranched alkanes of at least 4 members (excludes halogenated alkanes) is 19. The highest BCUT2D eigenvalue weighted by Gasteiger charge is 2.28. The molecular formula is C35H70O5. The minimum atomic E-state index is -0.994. The standard InChI is InChI=1S/C19H38O3.C16H32O2/c1-3-4-5-6-7-8-9-10-11-12-13-14-15-16-17-22-19(21)18(2)20;1-5-7-9-11-13-16(3,4)15(17)18-14-12-10-8-6-2/h18,20H,3-17H2,1-2H3;5-14H2,1-4H3. The number of aliphatic hydroxyl groups is 1. The van der Waals surface area contributed by atoms with Crippen molar-refractivity contribution in [3.8, 4) is 0 Å². The molecule has 0 aliphatic carbocycles. The van der Waals surface area contributed by atoms with Gasteiger partial charge < -0.3 is 14.6 Å². The van der Waals surface area contributed by atoms with E-state index in [4.69, 9.17) is 14.6 Å². The van der Waals surface area contributed by atoms with Crippen molar-refractivity contribution in [3.05, 3.63) is 0 Å². The Morgan fingerprint density at radius 3 is 1.27 bits per heavy atom. The number of carbonyl (C=O) groups excluding carboxylic acids is 2. The van der Waals surface area contributed by atoms with E-state index in [1.54, 1.807) is 0 Å². The Hall–Kier alpha value is -1.10. The molecule has 1 N–H and O–H groups in total. The van der Waals surface area contributed by atoms with Crippen molar-refractivity contribution in [1.29, 1.82) is 0 Å². The lowest BCUT2D eigenvalue weighted by atomic mass is 9.87. The van der Waals surface area contributed by atoms with Gasteiger partial charge in [-0.25, -0.2) is 4.79 Å². The highest BCUT2D eigenvalue weighted by Crippen LogP contribution is 2.26. The van der Waals surface area contributed by atoms with Crippen LogP contribution in [0, 0.1) is 5.41 Å². The fraction of sp³-hybridized carbons (Fsp3) is 0.943. The lowest BCUT2D eigenvalue weighted by Crippen LogP contribution is -2.27. The van der Waals surface area contributed by atoms with Crippen molar-refractivity contribution in [3.63, 3.8) is 0 Å². The first-order valence-corrected chi connectivity index (χ1v) is 17.2. The van der Waals surface area contributed by atoms with Crippen LogP contribution in [0.5, 0.6) is 0 Å². The molecular weight excluding hydrogens is 500 g/mol. The van der Waals surface area contributed by atoms with Gasteiger partial charge in [0.25, 0.3) is 0 Å². The second kappa shape index (κ2) is 30.8. The summed E-state index contributed by atoms with van der Waals surface area (Å²) in [5, 5.41) is 8.96. The van der Waals surface area contributed by atoms with Crippen LogP contribution >= 0.6 is 0 Å². The average Bonchev–Trinajstić information content (AvgIpc) is 2.93. The van der Waals surface area contributed by atoms with Crippen LogP contribution in [0.1, 0.15) is 189 Å². The van der Waals surface area contributed by atoms with Crippen molar-refractivity contribution in [2.45, 2.75) is 195 Å². The van der Waals surface area contributed by atoms with Crippen LogP contribution in [0.3, 0.4) is 0 Å². The predicted octanol–water partition coefficient (Wildman–Crippen LogP) is 10.5. The summed E-state index contributed by atoms with van der Waals surface area (Å²) in [5.41, 5.74) is -0.307. The molecule has 0 saturated carbocycles.